The van der Waals surface area contributed by atoms with Gasteiger partial charge < -0.3 is 9.64 Å². The molecule has 1 heterocycles. The number of morpholine rings is 1. The van der Waals surface area contributed by atoms with Crippen LogP contribution in [-0.2, 0) is 4.74 Å². The lowest BCUT2D eigenvalue weighted by Crippen LogP contribution is -2.54. The summed E-state index contributed by atoms with van der Waals surface area (Å²) in [5.74, 6) is 0.140. The van der Waals surface area contributed by atoms with Gasteiger partial charge in [-0.2, -0.15) is 0 Å². The Morgan fingerprint density at radius 3 is 3.00 bits per heavy atom. The maximum Gasteiger partial charge on any atom is 0.254 e. The zero-order chi connectivity index (χ0) is 13.2. The van der Waals surface area contributed by atoms with E-state index in [2.05, 4.69) is 15.9 Å². The van der Waals surface area contributed by atoms with Crippen molar-refractivity contribution < 1.29 is 9.53 Å². The van der Waals surface area contributed by atoms with Crippen LogP contribution in [0.5, 0.6) is 0 Å². The molecule has 4 heteroatoms. The number of carbonyl (C=O) groups excluding carboxylic acids is 1. The van der Waals surface area contributed by atoms with Crippen LogP contribution in [-0.4, -0.2) is 36.1 Å². The molecular formula is C15H18BrNO2. The summed E-state index contributed by atoms with van der Waals surface area (Å²) in [5, 5.41) is 0. The Kier molecular flexibility index (Phi) is 3.89. The first-order valence-corrected chi connectivity index (χ1v) is 7.73. The first-order valence-electron chi connectivity index (χ1n) is 6.94. The highest BCUT2D eigenvalue weighted by molar-refractivity contribution is 9.10. The summed E-state index contributed by atoms with van der Waals surface area (Å²) in [7, 11) is 0. The minimum absolute atomic E-state index is 0.140. The molecule has 0 bridgehead atoms. The lowest BCUT2D eigenvalue weighted by Gasteiger charge is -2.43. The fourth-order valence-corrected chi connectivity index (χ4v) is 3.54. The van der Waals surface area contributed by atoms with Crippen LogP contribution < -0.4 is 0 Å². The summed E-state index contributed by atoms with van der Waals surface area (Å²) in [4.78, 5) is 14.7. The number of benzene rings is 1. The Labute approximate surface area is 122 Å². The van der Waals surface area contributed by atoms with Crippen LogP contribution >= 0.6 is 15.9 Å². The van der Waals surface area contributed by atoms with Gasteiger partial charge in [-0.15, -0.1) is 0 Å². The Morgan fingerprint density at radius 1 is 1.32 bits per heavy atom. The predicted molar refractivity (Wildman–Crippen MR) is 77.2 cm³/mol. The van der Waals surface area contributed by atoms with Gasteiger partial charge in [-0.25, -0.2) is 0 Å². The van der Waals surface area contributed by atoms with Gasteiger partial charge in [0.25, 0.3) is 5.91 Å². The zero-order valence-electron chi connectivity index (χ0n) is 10.8. The highest BCUT2D eigenvalue weighted by Crippen LogP contribution is 2.29. The SMILES string of the molecule is O=C(c1cccc(Br)c1)N1CCO[C@H]2CCCC[C@H]21. The van der Waals surface area contributed by atoms with E-state index in [9.17, 15) is 4.79 Å². The zero-order valence-corrected chi connectivity index (χ0v) is 12.4. The second-order valence-corrected chi connectivity index (χ2v) is 6.19. The standard InChI is InChI=1S/C15H18BrNO2/c16-12-5-3-4-11(10-12)15(18)17-8-9-19-14-7-2-1-6-13(14)17/h3-5,10,13-14H,1-2,6-9H2/t13-,14+/m1/s1. The monoisotopic (exact) mass is 323 g/mol. The fraction of sp³-hybridized carbons (Fsp3) is 0.533. The fourth-order valence-electron chi connectivity index (χ4n) is 3.14. The molecule has 3 rings (SSSR count). The van der Waals surface area contributed by atoms with Crippen LogP contribution in [0.25, 0.3) is 0 Å². The van der Waals surface area contributed by atoms with Crippen LogP contribution in [0.3, 0.4) is 0 Å². The van der Waals surface area contributed by atoms with E-state index >= 15 is 0 Å². The van der Waals surface area contributed by atoms with E-state index in [-0.39, 0.29) is 18.1 Å². The number of hydrogen-bond donors (Lipinski definition) is 0. The summed E-state index contributed by atoms with van der Waals surface area (Å²) < 4.78 is 6.77. The van der Waals surface area contributed by atoms with E-state index in [1.54, 1.807) is 0 Å². The molecule has 0 aromatic heterocycles. The average Bonchev–Trinajstić information content (AvgIpc) is 2.46. The number of fused-ring (bicyclic) bond motifs is 1. The van der Waals surface area contributed by atoms with Gasteiger partial charge in [0.1, 0.15) is 0 Å². The largest absolute Gasteiger partial charge is 0.374 e. The molecule has 0 radical (unpaired) electrons. The summed E-state index contributed by atoms with van der Waals surface area (Å²) in [6, 6.07) is 7.92. The van der Waals surface area contributed by atoms with Gasteiger partial charge in [0.05, 0.1) is 18.8 Å². The molecular weight excluding hydrogens is 306 g/mol. The molecule has 1 aromatic carbocycles. The molecule has 1 saturated carbocycles. The maximum atomic E-state index is 12.7. The number of carbonyl (C=O) groups is 1. The number of hydrogen-bond acceptors (Lipinski definition) is 2. The van der Waals surface area contributed by atoms with E-state index in [0.29, 0.717) is 13.2 Å². The van der Waals surface area contributed by atoms with Crippen molar-refractivity contribution in [1.82, 2.24) is 4.90 Å². The number of nitrogens with zero attached hydrogens (tertiary/aromatic N) is 1. The Hall–Kier alpha value is -0.870. The number of rotatable bonds is 1. The first kappa shape index (κ1) is 13.1. The molecule has 0 spiro atoms. The van der Waals surface area contributed by atoms with E-state index in [0.717, 1.165) is 22.9 Å². The van der Waals surface area contributed by atoms with Crippen LogP contribution in [0.15, 0.2) is 28.7 Å². The maximum absolute atomic E-state index is 12.7. The molecule has 1 aromatic rings. The minimum atomic E-state index is 0.140. The van der Waals surface area contributed by atoms with E-state index in [1.165, 1.54) is 12.8 Å². The molecule has 0 N–H and O–H groups in total. The Bertz CT molecular complexity index is 475. The number of ether oxygens (including phenoxy) is 1. The van der Waals surface area contributed by atoms with E-state index < -0.39 is 0 Å². The van der Waals surface area contributed by atoms with Crippen molar-refractivity contribution in [2.75, 3.05) is 13.2 Å². The van der Waals surface area contributed by atoms with E-state index in [4.69, 9.17) is 4.74 Å². The third kappa shape index (κ3) is 2.70. The van der Waals surface area contributed by atoms with Gasteiger partial charge in [-0.05, 0) is 31.0 Å². The lowest BCUT2D eigenvalue weighted by molar-refractivity contribution is -0.0752. The normalized spacial score (nSPS) is 26.9. The minimum Gasteiger partial charge on any atom is -0.374 e. The quantitative estimate of drug-likeness (QED) is 0.794. The number of amides is 1. The summed E-state index contributed by atoms with van der Waals surface area (Å²) in [6.45, 7) is 1.38. The van der Waals surface area contributed by atoms with Gasteiger partial charge in [-0.1, -0.05) is 34.8 Å². The third-order valence-electron chi connectivity index (χ3n) is 4.06. The Balaban J connectivity index is 1.82. The molecule has 3 nitrogen and oxygen atoms in total. The molecule has 2 atom stereocenters. The molecule has 2 aliphatic rings. The second kappa shape index (κ2) is 5.63. The second-order valence-electron chi connectivity index (χ2n) is 5.27. The molecule has 19 heavy (non-hydrogen) atoms. The number of halogens is 1. The molecule has 102 valence electrons. The molecule has 1 aliphatic heterocycles. The summed E-state index contributed by atoms with van der Waals surface area (Å²) in [5.41, 5.74) is 0.764. The van der Waals surface area contributed by atoms with Crippen molar-refractivity contribution >= 4 is 21.8 Å². The third-order valence-corrected chi connectivity index (χ3v) is 4.56. The van der Waals surface area contributed by atoms with E-state index in [1.807, 2.05) is 29.2 Å². The van der Waals surface area contributed by atoms with Gasteiger partial charge in [0, 0.05) is 16.6 Å². The van der Waals surface area contributed by atoms with Crippen LogP contribution in [0.1, 0.15) is 36.0 Å². The first-order chi connectivity index (χ1) is 9.25. The molecule has 2 fully saturated rings. The van der Waals surface area contributed by atoms with Crippen molar-refractivity contribution in [2.45, 2.75) is 37.8 Å². The Morgan fingerprint density at radius 2 is 2.16 bits per heavy atom. The van der Waals surface area contributed by atoms with Gasteiger partial charge in [0.15, 0.2) is 0 Å². The summed E-state index contributed by atoms with van der Waals surface area (Å²) >= 11 is 3.43. The van der Waals surface area contributed by atoms with Crippen molar-refractivity contribution in [3.8, 4) is 0 Å². The average molecular weight is 324 g/mol. The van der Waals surface area contributed by atoms with Crippen LogP contribution in [0.4, 0.5) is 0 Å². The smallest absolute Gasteiger partial charge is 0.254 e. The predicted octanol–water partition coefficient (Wildman–Crippen LogP) is 3.23. The van der Waals surface area contributed by atoms with Crippen molar-refractivity contribution in [3.63, 3.8) is 0 Å². The van der Waals surface area contributed by atoms with Crippen LogP contribution in [0.2, 0.25) is 0 Å². The highest BCUT2D eigenvalue weighted by Gasteiger charge is 2.36. The van der Waals surface area contributed by atoms with Gasteiger partial charge in [-0.3, -0.25) is 4.79 Å². The topological polar surface area (TPSA) is 29.5 Å². The molecule has 1 amide bonds. The van der Waals surface area contributed by atoms with Crippen molar-refractivity contribution in [1.29, 1.82) is 0 Å². The highest BCUT2D eigenvalue weighted by atomic mass is 79.9. The summed E-state index contributed by atoms with van der Waals surface area (Å²) in [6.07, 6.45) is 4.84. The van der Waals surface area contributed by atoms with Gasteiger partial charge >= 0.3 is 0 Å². The molecule has 1 aliphatic carbocycles. The molecule has 1 saturated heterocycles. The lowest BCUT2D eigenvalue weighted by atomic mass is 9.89. The van der Waals surface area contributed by atoms with Crippen molar-refractivity contribution in [3.05, 3.63) is 34.3 Å². The van der Waals surface area contributed by atoms with Crippen molar-refractivity contribution in [2.24, 2.45) is 0 Å². The molecule has 0 unspecified atom stereocenters. The van der Waals surface area contributed by atoms with Gasteiger partial charge in [0.2, 0.25) is 0 Å². The van der Waals surface area contributed by atoms with Crippen LogP contribution in [0, 0.1) is 0 Å².